The van der Waals surface area contributed by atoms with Crippen LogP contribution in [0.15, 0.2) is 30.5 Å². The zero-order valence-corrected chi connectivity index (χ0v) is 14.9. The number of aromatic nitrogens is 6. The van der Waals surface area contributed by atoms with Crippen molar-refractivity contribution in [3.8, 4) is 17.3 Å². The molecule has 2 aromatic heterocycles. The lowest BCUT2D eigenvalue weighted by molar-refractivity contribution is 0.322. The van der Waals surface area contributed by atoms with Crippen molar-refractivity contribution in [3.63, 3.8) is 0 Å². The SMILES string of the molecule is COc1ccccc1Cc1nc(-c2cn(CC3CCCNC3)nn2)n[nH]1. The molecule has 4 rings (SSSR count). The van der Waals surface area contributed by atoms with Crippen LogP contribution < -0.4 is 10.1 Å². The molecule has 1 aliphatic rings. The van der Waals surface area contributed by atoms with E-state index in [1.165, 1.54) is 12.8 Å². The Hall–Kier alpha value is -2.74. The molecule has 0 spiro atoms. The van der Waals surface area contributed by atoms with Crippen LogP contribution in [-0.4, -0.2) is 50.4 Å². The first-order chi connectivity index (χ1) is 12.8. The van der Waals surface area contributed by atoms with Gasteiger partial charge >= 0.3 is 0 Å². The van der Waals surface area contributed by atoms with Crippen molar-refractivity contribution >= 4 is 0 Å². The molecule has 8 heteroatoms. The minimum atomic E-state index is 0.572. The van der Waals surface area contributed by atoms with E-state index in [2.05, 4.69) is 30.8 Å². The molecule has 8 nitrogen and oxygen atoms in total. The highest BCUT2D eigenvalue weighted by Crippen LogP contribution is 2.20. The fourth-order valence-corrected chi connectivity index (χ4v) is 3.35. The van der Waals surface area contributed by atoms with Gasteiger partial charge in [-0.1, -0.05) is 23.4 Å². The number of ether oxygens (including phenoxy) is 1. The highest BCUT2D eigenvalue weighted by Gasteiger charge is 2.16. The number of nitrogens with one attached hydrogen (secondary N) is 2. The van der Waals surface area contributed by atoms with Gasteiger partial charge in [-0.2, -0.15) is 5.10 Å². The fraction of sp³-hybridized carbons (Fsp3) is 0.444. The second kappa shape index (κ2) is 7.65. The van der Waals surface area contributed by atoms with Crippen LogP contribution in [0, 0.1) is 5.92 Å². The van der Waals surface area contributed by atoms with Crippen molar-refractivity contribution in [2.24, 2.45) is 5.92 Å². The van der Waals surface area contributed by atoms with Gasteiger partial charge in [0.2, 0.25) is 5.82 Å². The Bertz CT molecular complexity index is 851. The zero-order valence-electron chi connectivity index (χ0n) is 14.9. The van der Waals surface area contributed by atoms with Gasteiger partial charge in [0.1, 0.15) is 11.6 Å². The van der Waals surface area contributed by atoms with E-state index in [1.807, 2.05) is 35.1 Å². The summed E-state index contributed by atoms with van der Waals surface area (Å²) in [6, 6.07) is 7.91. The number of benzene rings is 1. The third-order valence-corrected chi connectivity index (χ3v) is 4.69. The summed E-state index contributed by atoms with van der Waals surface area (Å²) in [5.74, 6) is 2.79. The molecule has 0 aliphatic carbocycles. The zero-order chi connectivity index (χ0) is 17.8. The van der Waals surface area contributed by atoms with Crippen LogP contribution >= 0.6 is 0 Å². The van der Waals surface area contributed by atoms with Crippen molar-refractivity contribution < 1.29 is 4.74 Å². The predicted molar refractivity (Wildman–Crippen MR) is 96.8 cm³/mol. The molecule has 0 saturated carbocycles. The lowest BCUT2D eigenvalue weighted by Gasteiger charge is -2.22. The summed E-state index contributed by atoms with van der Waals surface area (Å²) in [6.45, 7) is 3.03. The molecule has 1 fully saturated rings. The maximum atomic E-state index is 5.39. The van der Waals surface area contributed by atoms with Crippen LogP contribution in [0.1, 0.15) is 24.2 Å². The summed E-state index contributed by atoms with van der Waals surface area (Å²) >= 11 is 0. The molecule has 3 aromatic rings. The molecule has 1 aromatic carbocycles. The molecule has 0 bridgehead atoms. The maximum Gasteiger partial charge on any atom is 0.203 e. The molecule has 0 radical (unpaired) electrons. The number of nitrogens with zero attached hydrogens (tertiary/aromatic N) is 5. The van der Waals surface area contributed by atoms with Crippen LogP contribution in [0.5, 0.6) is 5.75 Å². The van der Waals surface area contributed by atoms with Gasteiger partial charge in [-0.25, -0.2) is 4.98 Å². The van der Waals surface area contributed by atoms with Gasteiger partial charge in [-0.15, -0.1) is 5.10 Å². The number of aromatic amines is 1. The van der Waals surface area contributed by atoms with Crippen LogP contribution in [0.2, 0.25) is 0 Å². The second-order valence-corrected chi connectivity index (χ2v) is 6.63. The van der Waals surface area contributed by atoms with E-state index in [-0.39, 0.29) is 0 Å². The smallest absolute Gasteiger partial charge is 0.203 e. The molecule has 1 unspecified atom stereocenters. The first-order valence-electron chi connectivity index (χ1n) is 8.96. The van der Waals surface area contributed by atoms with Gasteiger partial charge in [0.25, 0.3) is 0 Å². The molecule has 1 saturated heterocycles. The molecule has 1 atom stereocenters. The maximum absolute atomic E-state index is 5.39. The molecule has 136 valence electrons. The molecule has 2 N–H and O–H groups in total. The van der Waals surface area contributed by atoms with E-state index >= 15 is 0 Å². The topological polar surface area (TPSA) is 93.5 Å². The van der Waals surface area contributed by atoms with Crippen molar-refractivity contribution in [1.82, 2.24) is 35.5 Å². The summed E-state index contributed by atoms with van der Waals surface area (Å²) in [7, 11) is 1.67. The van der Waals surface area contributed by atoms with E-state index < -0.39 is 0 Å². The molecule has 0 amide bonds. The van der Waals surface area contributed by atoms with E-state index in [1.54, 1.807) is 7.11 Å². The predicted octanol–water partition coefficient (Wildman–Crippen LogP) is 1.66. The van der Waals surface area contributed by atoms with Gasteiger partial charge in [0.05, 0.1) is 13.3 Å². The van der Waals surface area contributed by atoms with Crippen molar-refractivity contribution in [3.05, 3.63) is 41.9 Å². The lowest BCUT2D eigenvalue weighted by atomic mass is 10.00. The van der Waals surface area contributed by atoms with E-state index in [4.69, 9.17) is 4.74 Å². The molecular formula is C18H23N7O. The highest BCUT2D eigenvalue weighted by molar-refractivity contribution is 5.46. The minimum absolute atomic E-state index is 0.572. The Labute approximate surface area is 152 Å². The number of hydrogen-bond acceptors (Lipinski definition) is 6. The molecule has 26 heavy (non-hydrogen) atoms. The fourth-order valence-electron chi connectivity index (χ4n) is 3.35. The second-order valence-electron chi connectivity index (χ2n) is 6.63. The normalized spacial score (nSPS) is 17.3. The van der Waals surface area contributed by atoms with Crippen LogP contribution in [0.3, 0.4) is 0 Å². The van der Waals surface area contributed by atoms with Gasteiger partial charge in [-0.3, -0.25) is 9.78 Å². The third-order valence-electron chi connectivity index (χ3n) is 4.69. The van der Waals surface area contributed by atoms with Crippen LogP contribution in [-0.2, 0) is 13.0 Å². The summed E-state index contributed by atoms with van der Waals surface area (Å²) in [5, 5.41) is 19.2. The van der Waals surface area contributed by atoms with Gasteiger partial charge in [-0.05, 0) is 37.9 Å². The average molecular weight is 353 g/mol. The van der Waals surface area contributed by atoms with E-state index in [0.717, 1.165) is 36.8 Å². The van der Waals surface area contributed by atoms with E-state index in [9.17, 15) is 0 Å². The monoisotopic (exact) mass is 353 g/mol. The van der Waals surface area contributed by atoms with Gasteiger partial charge < -0.3 is 10.1 Å². The lowest BCUT2D eigenvalue weighted by Crippen LogP contribution is -2.32. The summed E-state index contributed by atoms with van der Waals surface area (Å²) < 4.78 is 7.28. The Morgan fingerprint density at radius 3 is 3.08 bits per heavy atom. The summed E-state index contributed by atoms with van der Waals surface area (Å²) in [5.41, 5.74) is 1.75. The largest absolute Gasteiger partial charge is 0.496 e. The van der Waals surface area contributed by atoms with Crippen LogP contribution in [0.25, 0.3) is 11.5 Å². The molecule has 3 heterocycles. The summed E-state index contributed by atoms with van der Waals surface area (Å²) in [6.07, 6.45) is 4.99. The standard InChI is InChI=1S/C18H23N7O/c1-26-16-7-3-2-6-14(16)9-17-20-18(23-22-17)15-12-25(24-21-15)11-13-5-4-8-19-10-13/h2-3,6-7,12-13,19H,4-5,8-11H2,1H3,(H,20,22,23). The Balaban J connectivity index is 1.44. The number of H-pyrrole nitrogens is 1. The van der Waals surface area contributed by atoms with Crippen molar-refractivity contribution in [2.75, 3.05) is 20.2 Å². The van der Waals surface area contributed by atoms with Gasteiger partial charge in [0, 0.05) is 18.5 Å². The number of rotatable bonds is 6. The highest BCUT2D eigenvalue weighted by atomic mass is 16.5. The van der Waals surface area contributed by atoms with Gasteiger partial charge in [0.15, 0.2) is 5.69 Å². The van der Waals surface area contributed by atoms with Crippen molar-refractivity contribution in [1.29, 1.82) is 0 Å². The Morgan fingerprint density at radius 2 is 2.23 bits per heavy atom. The Kier molecular flexibility index (Phi) is 4.92. The number of methoxy groups -OCH3 is 1. The number of hydrogen-bond donors (Lipinski definition) is 2. The first-order valence-corrected chi connectivity index (χ1v) is 8.96. The average Bonchev–Trinajstić information content (AvgIpc) is 3.32. The third kappa shape index (κ3) is 3.75. The molecular weight excluding hydrogens is 330 g/mol. The first kappa shape index (κ1) is 16.7. The minimum Gasteiger partial charge on any atom is -0.496 e. The number of para-hydroxylation sites is 1. The van der Waals surface area contributed by atoms with Crippen molar-refractivity contribution in [2.45, 2.75) is 25.8 Å². The van der Waals surface area contributed by atoms with E-state index in [0.29, 0.717) is 23.9 Å². The Morgan fingerprint density at radius 1 is 1.31 bits per heavy atom. The molecule has 1 aliphatic heterocycles. The summed E-state index contributed by atoms with van der Waals surface area (Å²) in [4.78, 5) is 4.56. The van der Waals surface area contributed by atoms with Crippen LogP contribution in [0.4, 0.5) is 0 Å². The number of piperidine rings is 1. The quantitative estimate of drug-likeness (QED) is 0.700.